The van der Waals surface area contributed by atoms with Crippen molar-refractivity contribution in [3.8, 4) is 0 Å². The van der Waals surface area contributed by atoms with E-state index in [-0.39, 0.29) is 0 Å². The Bertz CT molecular complexity index is 260. The number of nitrogens with zero attached hydrogens (tertiary/aromatic N) is 2. The Morgan fingerprint density at radius 2 is 2.18 bits per heavy atom. The van der Waals surface area contributed by atoms with Gasteiger partial charge in [0.15, 0.2) is 0 Å². The molecule has 0 saturated heterocycles. The van der Waals surface area contributed by atoms with Gasteiger partial charge in [-0.05, 0) is 22.0 Å². The molecular formula is C7H10BrN3. The van der Waals surface area contributed by atoms with E-state index in [1.54, 1.807) is 12.3 Å². The van der Waals surface area contributed by atoms with Crippen LogP contribution in [0.2, 0.25) is 0 Å². The maximum absolute atomic E-state index is 5.64. The van der Waals surface area contributed by atoms with Crippen LogP contribution in [0, 0.1) is 0 Å². The van der Waals surface area contributed by atoms with Crippen LogP contribution in [-0.2, 0) is 0 Å². The second-order valence-electron chi connectivity index (χ2n) is 2.43. The molecule has 0 aliphatic carbocycles. The lowest BCUT2D eigenvalue weighted by Crippen LogP contribution is -2.11. The highest BCUT2D eigenvalue weighted by molar-refractivity contribution is 9.10. The molecule has 0 saturated carbocycles. The molecule has 11 heavy (non-hydrogen) atoms. The predicted molar refractivity (Wildman–Crippen MR) is 50.7 cm³/mol. The van der Waals surface area contributed by atoms with Gasteiger partial charge < -0.3 is 10.6 Å². The second-order valence-corrected chi connectivity index (χ2v) is 3.23. The SMILES string of the molecule is CN(C)c1nccc(N)c1Br. The smallest absolute Gasteiger partial charge is 0.144 e. The lowest BCUT2D eigenvalue weighted by Gasteiger charge is -2.13. The minimum absolute atomic E-state index is 0.712. The fourth-order valence-electron chi connectivity index (χ4n) is 0.759. The molecule has 0 fully saturated rings. The van der Waals surface area contributed by atoms with Crippen molar-refractivity contribution in [2.45, 2.75) is 0 Å². The van der Waals surface area contributed by atoms with Gasteiger partial charge in [-0.3, -0.25) is 0 Å². The first kappa shape index (κ1) is 8.33. The zero-order valence-corrected chi connectivity index (χ0v) is 8.09. The minimum Gasteiger partial charge on any atom is -0.398 e. The van der Waals surface area contributed by atoms with Crippen molar-refractivity contribution < 1.29 is 0 Å². The molecule has 0 unspecified atom stereocenters. The number of pyridine rings is 1. The van der Waals surface area contributed by atoms with E-state index >= 15 is 0 Å². The predicted octanol–water partition coefficient (Wildman–Crippen LogP) is 1.49. The van der Waals surface area contributed by atoms with Crippen LogP contribution in [0.25, 0.3) is 0 Å². The Balaban J connectivity index is 3.17. The van der Waals surface area contributed by atoms with Crippen molar-refractivity contribution >= 4 is 27.4 Å². The van der Waals surface area contributed by atoms with E-state index in [9.17, 15) is 0 Å². The fraction of sp³-hybridized carbons (Fsp3) is 0.286. The van der Waals surface area contributed by atoms with Crippen LogP contribution in [0.3, 0.4) is 0 Å². The number of aromatic nitrogens is 1. The van der Waals surface area contributed by atoms with Crippen molar-refractivity contribution in [1.82, 2.24) is 4.98 Å². The first-order valence-corrected chi connectivity index (χ1v) is 3.99. The average Bonchev–Trinajstić information content (AvgIpc) is 1.94. The number of nitrogens with two attached hydrogens (primary N) is 1. The molecule has 0 radical (unpaired) electrons. The lowest BCUT2D eigenvalue weighted by atomic mass is 10.4. The van der Waals surface area contributed by atoms with E-state index in [0.29, 0.717) is 5.69 Å². The molecule has 1 heterocycles. The largest absolute Gasteiger partial charge is 0.398 e. The van der Waals surface area contributed by atoms with Gasteiger partial charge in [0, 0.05) is 20.3 Å². The molecule has 4 heteroatoms. The molecule has 0 aromatic carbocycles. The van der Waals surface area contributed by atoms with Gasteiger partial charge in [-0.25, -0.2) is 4.98 Å². The molecule has 1 rings (SSSR count). The van der Waals surface area contributed by atoms with Crippen molar-refractivity contribution in [3.63, 3.8) is 0 Å². The van der Waals surface area contributed by atoms with Crippen molar-refractivity contribution in [2.75, 3.05) is 24.7 Å². The van der Waals surface area contributed by atoms with Crippen LogP contribution in [0.1, 0.15) is 0 Å². The van der Waals surface area contributed by atoms with Gasteiger partial charge in [0.2, 0.25) is 0 Å². The summed E-state index contributed by atoms with van der Waals surface area (Å²) in [5.74, 6) is 0.852. The monoisotopic (exact) mass is 215 g/mol. The third kappa shape index (κ3) is 1.63. The summed E-state index contributed by atoms with van der Waals surface area (Å²) in [5, 5.41) is 0. The van der Waals surface area contributed by atoms with E-state index in [0.717, 1.165) is 10.3 Å². The minimum atomic E-state index is 0.712. The molecule has 1 aromatic rings. The first-order chi connectivity index (χ1) is 5.13. The molecule has 3 nitrogen and oxygen atoms in total. The molecule has 0 bridgehead atoms. The molecule has 0 amide bonds. The molecule has 1 aromatic heterocycles. The standard InChI is InChI=1S/C7H10BrN3/c1-11(2)7-6(8)5(9)3-4-10-7/h3-4H,1-2H3,(H2,9,10). The average molecular weight is 216 g/mol. The second kappa shape index (κ2) is 3.09. The van der Waals surface area contributed by atoms with Crippen molar-refractivity contribution in [2.24, 2.45) is 0 Å². The number of hydrogen-bond donors (Lipinski definition) is 1. The van der Waals surface area contributed by atoms with Crippen LogP contribution in [0.5, 0.6) is 0 Å². The van der Waals surface area contributed by atoms with Crippen LogP contribution in [0.15, 0.2) is 16.7 Å². The van der Waals surface area contributed by atoms with E-state index in [4.69, 9.17) is 5.73 Å². The zero-order valence-electron chi connectivity index (χ0n) is 6.50. The van der Waals surface area contributed by atoms with Gasteiger partial charge in [0.25, 0.3) is 0 Å². The summed E-state index contributed by atoms with van der Waals surface area (Å²) in [4.78, 5) is 6.04. The van der Waals surface area contributed by atoms with Gasteiger partial charge >= 0.3 is 0 Å². The number of halogens is 1. The molecule has 0 atom stereocenters. The summed E-state index contributed by atoms with van der Waals surface area (Å²) in [5.41, 5.74) is 6.36. The van der Waals surface area contributed by atoms with Crippen molar-refractivity contribution in [3.05, 3.63) is 16.7 Å². The Morgan fingerprint density at radius 1 is 1.55 bits per heavy atom. The van der Waals surface area contributed by atoms with Crippen molar-refractivity contribution in [1.29, 1.82) is 0 Å². The maximum Gasteiger partial charge on any atom is 0.144 e. The van der Waals surface area contributed by atoms with Gasteiger partial charge in [-0.1, -0.05) is 0 Å². The summed E-state index contributed by atoms with van der Waals surface area (Å²) in [6.45, 7) is 0. The Labute approximate surface area is 74.3 Å². The molecule has 0 aliphatic heterocycles. The maximum atomic E-state index is 5.64. The molecule has 0 spiro atoms. The highest BCUT2D eigenvalue weighted by Gasteiger charge is 2.04. The van der Waals surface area contributed by atoms with Gasteiger partial charge in [-0.15, -0.1) is 0 Å². The summed E-state index contributed by atoms with van der Waals surface area (Å²) in [6, 6.07) is 1.76. The highest BCUT2D eigenvalue weighted by Crippen LogP contribution is 2.27. The normalized spacial score (nSPS) is 9.73. The summed E-state index contributed by atoms with van der Waals surface area (Å²) in [7, 11) is 3.85. The number of rotatable bonds is 1. The molecule has 0 aliphatic rings. The van der Waals surface area contributed by atoms with Crippen LogP contribution in [0.4, 0.5) is 11.5 Å². The zero-order chi connectivity index (χ0) is 8.43. The van der Waals surface area contributed by atoms with Gasteiger partial charge in [0.05, 0.1) is 10.2 Å². The van der Waals surface area contributed by atoms with E-state index < -0.39 is 0 Å². The fourth-order valence-corrected chi connectivity index (χ4v) is 1.35. The molecule has 60 valence electrons. The molecular weight excluding hydrogens is 206 g/mol. The summed E-state index contributed by atoms with van der Waals surface area (Å²) < 4.78 is 0.852. The van der Waals surface area contributed by atoms with Gasteiger partial charge in [0.1, 0.15) is 5.82 Å². The first-order valence-electron chi connectivity index (χ1n) is 3.20. The Kier molecular flexibility index (Phi) is 2.34. The topological polar surface area (TPSA) is 42.2 Å². The third-order valence-corrected chi connectivity index (χ3v) is 2.14. The quantitative estimate of drug-likeness (QED) is 0.773. The van der Waals surface area contributed by atoms with Crippen LogP contribution >= 0.6 is 15.9 Å². The van der Waals surface area contributed by atoms with Crippen LogP contribution < -0.4 is 10.6 Å². The number of nitrogen functional groups attached to an aromatic ring is 1. The summed E-state index contributed by atoms with van der Waals surface area (Å²) >= 11 is 3.35. The van der Waals surface area contributed by atoms with Crippen LogP contribution in [-0.4, -0.2) is 19.1 Å². The highest BCUT2D eigenvalue weighted by atomic mass is 79.9. The third-order valence-electron chi connectivity index (χ3n) is 1.32. The van der Waals surface area contributed by atoms with E-state index in [1.807, 2.05) is 19.0 Å². The number of hydrogen-bond acceptors (Lipinski definition) is 3. The van der Waals surface area contributed by atoms with Gasteiger partial charge in [-0.2, -0.15) is 0 Å². The number of anilines is 2. The lowest BCUT2D eigenvalue weighted by molar-refractivity contribution is 1.06. The Hall–Kier alpha value is -0.770. The molecule has 2 N–H and O–H groups in total. The van der Waals surface area contributed by atoms with E-state index in [1.165, 1.54) is 0 Å². The summed E-state index contributed by atoms with van der Waals surface area (Å²) in [6.07, 6.45) is 1.69. The Morgan fingerprint density at radius 3 is 2.64 bits per heavy atom. The van der Waals surface area contributed by atoms with E-state index in [2.05, 4.69) is 20.9 Å².